The number of amides is 4. The second-order valence-corrected chi connectivity index (χ2v) is 4.63. The van der Waals surface area contributed by atoms with Crippen LogP contribution in [-0.2, 0) is 23.9 Å². The number of ether oxygens (including phenoxy) is 2. The number of anilines is 1. The Hall–Kier alpha value is -3.23. The maximum Gasteiger partial charge on any atom is 0.339 e. The normalized spacial score (nSPS) is 14.2. The number of para-hydroxylation sites is 1. The minimum Gasteiger partial charge on any atom is -0.465 e. The van der Waals surface area contributed by atoms with Crippen LogP contribution >= 0.6 is 0 Å². The van der Waals surface area contributed by atoms with E-state index in [2.05, 4.69) is 9.47 Å². The molecule has 1 fully saturated rings. The van der Waals surface area contributed by atoms with E-state index in [1.807, 2.05) is 0 Å². The van der Waals surface area contributed by atoms with Crippen molar-refractivity contribution >= 4 is 35.5 Å². The van der Waals surface area contributed by atoms with Gasteiger partial charge in [0.1, 0.15) is 6.54 Å². The van der Waals surface area contributed by atoms with Gasteiger partial charge in [-0.1, -0.05) is 12.1 Å². The zero-order chi connectivity index (χ0) is 17.9. The minimum atomic E-state index is -1.17. The van der Waals surface area contributed by atoms with E-state index in [1.54, 1.807) is 6.92 Å². The monoisotopic (exact) mass is 334 g/mol. The summed E-state index contributed by atoms with van der Waals surface area (Å²) in [5.41, 5.74) is -0.161. The van der Waals surface area contributed by atoms with Gasteiger partial charge in [0.25, 0.3) is 0 Å². The highest BCUT2D eigenvalue weighted by molar-refractivity contribution is 6.53. The van der Waals surface area contributed by atoms with Crippen molar-refractivity contribution in [1.29, 1.82) is 0 Å². The van der Waals surface area contributed by atoms with Crippen LogP contribution in [0.15, 0.2) is 24.3 Å². The molecule has 0 aromatic heterocycles. The van der Waals surface area contributed by atoms with Gasteiger partial charge in [-0.3, -0.25) is 14.4 Å². The van der Waals surface area contributed by atoms with Crippen LogP contribution in [-0.4, -0.2) is 54.9 Å². The number of nitrogens with zero attached hydrogens (tertiary/aromatic N) is 2. The third-order valence-corrected chi connectivity index (χ3v) is 3.20. The summed E-state index contributed by atoms with van der Waals surface area (Å²) in [6.45, 7) is 0.946. The fourth-order valence-electron chi connectivity index (χ4n) is 2.14. The molecule has 0 aliphatic carbocycles. The Kier molecular flexibility index (Phi) is 4.93. The number of carbonyl (C=O) groups excluding carboxylic acids is 5. The first-order chi connectivity index (χ1) is 11.4. The second-order valence-electron chi connectivity index (χ2n) is 4.63. The number of urea groups is 1. The Morgan fingerprint density at radius 2 is 1.75 bits per heavy atom. The largest absolute Gasteiger partial charge is 0.465 e. The van der Waals surface area contributed by atoms with Gasteiger partial charge in [0.15, 0.2) is 0 Å². The number of hydrogen-bond donors (Lipinski definition) is 0. The van der Waals surface area contributed by atoms with Crippen LogP contribution in [0.4, 0.5) is 10.5 Å². The number of carbonyl (C=O) groups is 5. The topological polar surface area (TPSA) is 110 Å². The zero-order valence-corrected chi connectivity index (χ0v) is 13.0. The van der Waals surface area contributed by atoms with Crippen LogP contribution < -0.4 is 4.90 Å². The summed E-state index contributed by atoms with van der Waals surface area (Å²) in [5.74, 6) is -3.94. The smallest absolute Gasteiger partial charge is 0.339 e. The summed E-state index contributed by atoms with van der Waals surface area (Å²) in [6, 6.07) is 4.64. The fraction of sp³-hybridized carbons (Fsp3) is 0.267. The lowest BCUT2D eigenvalue weighted by Crippen LogP contribution is -2.38. The molecule has 0 unspecified atom stereocenters. The molecule has 1 heterocycles. The molecule has 1 aliphatic heterocycles. The number of imide groups is 2. The Labute approximate surface area is 136 Å². The molecule has 0 saturated carbocycles. The van der Waals surface area contributed by atoms with E-state index in [0.717, 1.165) is 7.11 Å². The molecule has 0 spiro atoms. The quantitative estimate of drug-likeness (QED) is 0.433. The van der Waals surface area contributed by atoms with Crippen molar-refractivity contribution in [1.82, 2.24) is 4.90 Å². The van der Waals surface area contributed by atoms with Crippen molar-refractivity contribution < 1.29 is 33.4 Å². The number of rotatable bonds is 5. The van der Waals surface area contributed by atoms with E-state index < -0.39 is 36.3 Å². The molecule has 1 aromatic carbocycles. The summed E-state index contributed by atoms with van der Waals surface area (Å²) in [6.07, 6.45) is 0. The number of benzene rings is 1. The predicted octanol–water partition coefficient (Wildman–Crippen LogP) is 0.331. The first kappa shape index (κ1) is 17.1. The second kappa shape index (κ2) is 6.90. The summed E-state index contributed by atoms with van der Waals surface area (Å²) < 4.78 is 9.26. The van der Waals surface area contributed by atoms with E-state index in [-0.39, 0.29) is 17.9 Å². The summed E-state index contributed by atoms with van der Waals surface area (Å²) >= 11 is 0. The molecule has 0 radical (unpaired) electrons. The third kappa shape index (κ3) is 2.96. The number of hydrogen-bond acceptors (Lipinski definition) is 7. The van der Waals surface area contributed by atoms with E-state index in [1.165, 1.54) is 24.3 Å². The van der Waals surface area contributed by atoms with Crippen LogP contribution in [0.1, 0.15) is 17.3 Å². The van der Waals surface area contributed by atoms with Gasteiger partial charge in [-0.15, -0.1) is 0 Å². The van der Waals surface area contributed by atoms with Crippen molar-refractivity contribution in [3.05, 3.63) is 29.8 Å². The lowest BCUT2D eigenvalue weighted by Gasteiger charge is -2.17. The lowest BCUT2D eigenvalue weighted by atomic mass is 10.1. The van der Waals surface area contributed by atoms with Gasteiger partial charge in [-0.05, 0) is 19.1 Å². The SMILES string of the molecule is CCOC(=O)CN1C(=O)C(=O)N(c2ccccc2C(=O)OC)C1=O. The van der Waals surface area contributed by atoms with Gasteiger partial charge in [-0.2, -0.15) is 0 Å². The molecule has 0 N–H and O–H groups in total. The maximum atomic E-state index is 12.4. The molecule has 1 aliphatic rings. The highest BCUT2D eigenvalue weighted by atomic mass is 16.5. The standard InChI is InChI=1S/C15H14N2O7/c1-3-24-11(18)8-16-12(19)13(20)17(15(16)22)10-7-5-4-6-9(10)14(21)23-2/h4-7H,3,8H2,1-2H3. The lowest BCUT2D eigenvalue weighted by molar-refractivity contribution is -0.148. The number of esters is 2. The molecule has 4 amide bonds. The molecule has 1 saturated heterocycles. The Morgan fingerprint density at radius 1 is 1.08 bits per heavy atom. The third-order valence-electron chi connectivity index (χ3n) is 3.20. The van der Waals surface area contributed by atoms with Crippen molar-refractivity contribution in [2.45, 2.75) is 6.92 Å². The zero-order valence-electron chi connectivity index (χ0n) is 13.0. The molecule has 1 aromatic rings. The van der Waals surface area contributed by atoms with Gasteiger partial charge in [0.05, 0.1) is 25.0 Å². The van der Waals surface area contributed by atoms with Gasteiger partial charge < -0.3 is 9.47 Å². The fourth-order valence-corrected chi connectivity index (χ4v) is 2.14. The summed E-state index contributed by atoms with van der Waals surface area (Å²) in [7, 11) is 1.14. The van der Waals surface area contributed by atoms with E-state index in [4.69, 9.17) is 0 Å². The maximum absolute atomic E-state index is 12.4. The van der Waals surface area contributed by atoms with Gasteiger partial charge in [0, 0.05) is 0 Å². The molecule has 9 heteroatoms. The first-order valence-electron chi connectivity index (χ1n) is 6.95. The minimum absolute atomic E-state index is 0.0625. The highest BCUT2D eigenvalue weighted by Crippen LogP contribution is 2.26. The van der Waals surface area contributed by atoms with Crippen molar-refractivity contribution in [2.75, 3.05) is 25.2 Å². The summed E-state index contributed by atoms with van der Waals surface area (Å²) in [4.78, 5) is 60.8. The average Bonchev–Trinajstić information content (AvgIpc) is 2.78. The van der Waals surface area contributed by atoms with Crippen molar-refractivity contribution in [3.63, 3.8) is 0 Å². The van der Waals surface area contributed by atoms with Crippen LogP contribution in [0.25, 0.3) is 0 Å². The van der Waals surface area contributed by atoms with Crippen LogP contribution in [0.5, 0.6) is 0 Å². The molecular weight excluding hydrogens is 320 g/mol. The molecule has 24 heavy (non-hydrogen) atoms. The molecular formula is C15H14N2O7. The molecule has 9 nitrogen and oxygen atoms in total. The van der Waals surface area contributed by atoms with Crippen LogP contribution in [0.2, 0.25) is 0 Å². The van der Waals surface area contributed by atoms with Crippen LogP contribution in [0, 0.1) is 0 Å². The average molecular weight is 334 g/mol. The molecule has 126 valence electrons. The highest BCUT2D eigenvalue weighted by Gasteiger charge is 2.47. The van der Waals surface area contributed by atoms with Crippen LogP contribution in [0.3, 0.4) is 0 Å². The van der Waals surface area contributed by atoms with Crippen molar-refractivity contribution in [2.24, 2.45) is 0 Å². The number of methoxy groups -OCH3 is 1. The molecule has 0 bridgehead atoms. The molecule has 2 rings (SSSR count). The van der Waals surface area contributed by atoms with Gasteiger partial charge >= 0.3 is 29.8 Å². The van der Waals surface area contributed by atoms with Gasteiger partial charge in [-0.25, -0.2) is 19.4 Å². The first-order valence-corrected chi connectivity index (χ1v) is 6.95. The Balaban J connectivity index is 2.37. The Morgan fingerprint density at radius 3 is 2.38 bits per heavy atom. The van der Waals surface area contributed by atoms with E-state index in [0.29, 0.717) is 9.80 Å². The predicted molar refractivity (Wildman–Crippen MR) is 79.0 cm³/mol. The van der Waals surface area contributed by atoms with Crippen molar-refractivity contribution in [3.8, 4) is 0 Å². The molecule has 0 atom stereocenters. The van der Waals surface area contributed by atoms with E-state index >= 15 is 0 Å². The Bertz CT molecular complexity index is 728. The van der Waals surface area contributed by atoms with E-state index in [9.17, 15) is 24.0 Å². The summed E-state index contributed by atoms with van der Waals surface area (Å²) in [5, 5.41) is 0. The van der Waals surface area contributed by atoms with Gasteiger partial charge in [0.2, 0.25) is 0 Å².